The molecular weight excluding hydrogens is 321 g/mol. The number of nitrogens with two attached hydrogens (primary N) is 1. The van der Waals surface area contributed by atoms with Crippen LogP contribution in [0.5, 0.6) is 0 Å². The Kier molecular flexibility index (Phi) is 6.16. The third kappa shape index (κ3) is 5.26. The summed E-state index contributed by atoms with van der Waals surface area (Å²) in [7, 11) is 0. The predicted molar refractivity (Wildman–Crippen MR) is 97.7 cm³/mol. The number of carbonyl (C=O) groups excluding carboxylic acids is 2. The van der Waals surface area contributed by atoms with Crippen LogP contribution in [-0.2, 0) is 9.59 Å². The minimum atomic E-state index is -0.696. The fourth-order valence-electron chi connectivity index (χ4n) is 2.91. The van der Waals surface area contributed by atoms with Crippen molar-refractivity contribution in [1.82, 2.24) is 0 Å². The molecule has 0 aromatic heterocycles. The first-order valence-corrected chi connectivity index (χ1v) is 8.85. The Balaban J connectivity index is 2.06. The number of hydrogen-bond acceptors (Lipinski definition) is 3. The van der Waals surface area contributed by atoms with Gasteiger partial charge in [0.1, 0.15) is 5.82 Å². The van der Waals surface area contributed by atoms with Crippen LogP contribution in [0.25, 0.3) is 0 Å². The lowest BCUT2D eigenvalue weighted by Crippen LogP contribution is -2.45. The second-order valence-electron chi connectivity index (χ2n) is 7.85. The molecule has 25 heavy (non-hydrogen) atoms. The van der Waals surface area contributed by atoms with E-state index < -0.39 is 11.9 Å². The molecule has 2 rings (SSSR count). The van der Waals surface area contributed by atoms with Crippen LogP contribution in [0.4, 0.5) is 15.8 Å². The van der Waals surface area contributed by atoms with Crippen molar-refractivity contribution in [3.8, 4) is 0 Å². The van der Waals surface area contributed by atoms with Gasteiger partial charge < -0.3 is 16.4 Å². The maximum atomic E-state index is 14.0. The van der Waals surface area contributed by atoms with Gasteiger partial charge in [0.05, 0.1) is 11.7 Å². The highest BCUT2D eigenvalue weighted by Gasteiger charge is 2.27. The van der Waals surface area contributed by atoms with Crippen LogP contribution in [0, 0.1) is 17.2 Å². The number of hydrogen-bond donors (Lipinski definition) is 3. The first kappa shape index (κ1) is 19.4. The maximum absolute atomic E-state index is 14.0. The lowest BCUT2D eigenvalue weighted by Gasteiger charge is -2.26. The summed E-state index contributed by atoms with van der Waals surface area (Å²) >= 11 is 0. The molecular formula is C19H28FN3O2. The smallest absolute Gasteiger partial charge is 0.241 e. The third-order valence-electron chi connectivity index (χ3n) is 4.68. The van der Waals surface area contributed by atoms with Crippen molar-refractivity contribution in [2.45, 2.75) is 58.9 Å². The summed E-state index contributed by atoms with van der Waals surface area (Å²) < 4.78 is 14.0. The average molecular weight is 349 g/mol. The average Bonchev–Trinajstić information content (AvgIpc) is 2.57. The number of amides is 2. The lowest BCUT2D eigenvalue weighted by molar-refractivity contribution is -0.121. The topological polar surface area (TPSA) is 84.2 Å². The number of rotatable bonds is 4. The number of anilines is 2. The van der Waals surface area contributed by atoms with E-state index in [2.05, 4.69) is 10.6 Å². The van der Waals surface area contributed by atoms with Crippen LogP contribution in [0.2, 0.25) is 0 Å². The fourth-order valence-corrected chi connectivity index (χ4v) is 2.91. The molecule has 0 unspecified atom stereocenters. The third-order valence-corrected chi connectivity index (χ3v) is 4.68. The van der Waals surface area contributed by atoms with Crippen molar-refractivity contribution in [2.75, 3.05) is 10.6 Å². The van der Waals surface area contributed by atoms with Gasteiger partial charge in [-0.1, -0.05) is 40.0 Å². The molecule has 1 fully saturated rings. The highest BCUT2D eigenvalue weighted by atomic mass is 19.1. The highest BCUT2D eigenvalue weighted by Crippen LogP contribution is 2.27. The van der Waals surface area contributed by atoms with Crippen LogP contribution in [0.1, 0.15) is 52.9 Å². The molecule has 0 heterocycles. The summed E-state index contributed by atoms with van der Waals surface area (Å²) in [5, 5.41) is 5.34. The Morgan fingerprint density at radius 2 is 1.80 bits per heavy atom. The molecule has 0 bridgehead atoms. The van der Waals surface area contributed by atoms with Crippen LogP contribution in [0.3, 0.4) is 0 Å². The van der Waals surface area contributed by atoms with Gasteiger partial charge in [-0.3, -0.25) is 9.59 Å². The van der Waals surface area contributed by atoms with Gasteiger partial charge in [0.15, 0.2) is 0 Å². The molecule has 1 aliphatic carbocycles. The second kappa shape index (κ2) is 7.95. The Morgan fingerprint density at radius 3 is 2.40 bits per heavy atom. The zero-order valence-corrected chi connectivity index (χ0v) is 15.2. The molecule has 5 nitrogen and oxygen atoms in total. The molecule has 4 N–H and O–H groups in total. The minimum absolute atomic E-state index is 0.0688. The zero-order chi connectivity index (χ0) is 18.6. The Hall–Kier alpha value is -1.95. The summed E-state index contributed by atoms with van der Waals surface area (Å²) in [6.45, 7) is 5.62. The maximum Gasteiger partial charge on any atom is 0.241 e. The normalized spacial score (nSPS) is 17.0. The molecule has 2 amide bonds. The van der Waals surface area contributed by atoms with Crippen molar-refractivity contribution in [1.29, 1.82) is 0 Å². The molecule has 0 aliphatic heterocycles. The second-order valence-corrected chi connectivity index (χ2v) is 7.85. The van der Waals surface area contributed by atoms with Crippen molar-refractivity contribution in [2.24, 2.45) is 17.1 Å². The first-order chi connectivity index (χ1) is 11.7. The van der Waals surface area contributed by atoms with E-state index in [1.807, 2.05) is 20.8 Å². The summed E-state index contributed by atoms with van der Waals surface area (Å²) in [6, 6.07) is 3.43. The van der Waals surface area contributed by atoms with E-state index in [0.29, 0.717) is 5.69 Å². The van der Waals surface area contributed by atoms with Crippen molar-refractivity contribution < 1.29 is 14.0 Å². The molecule has 0 saturated heterocycles. The molecule has 0 radical (unpaired) electrons. The van der Waals surface area contributed by atoms with Crippen molar-refractivity contribution in [3.05, 3.63) is 24.0 Å². The van der Waals surface area contributed by atoms with Gasteiger partial charge in [0, 0.05) is 11.6 Å². The number of nitrogens with one attached hydrogen (secondary N) is 2. The highest BCUT2D eigenvalue weighted by molar-refractivity contribution is 5.97. The minimum Gasteiger partial charge on any atom is -0.325 e. The van der Waals surface area contributed by atoms with Crippen molar-refractivity contribution >= 4 is 23.2 Å². The van der Waals surface area contributed by atoms with E-state index in [0.717, 1.165) is 32.1 Å². The van der Waals surface area contributed by atoms with Gasteiger partial charge >= 0.3 is 0 Å². The number of benzene rings is 1. The van der Waals surface area contributed by atoms with Gasteiger partial charge in [-0.15, -0.1) is 0 Å². The van der Waals surface area contributed by atoms with E-state index >= 15 is 0 Å². The molecule has 1 aromatic carbocycles. The van der Waals surface area contributed by atoms with Gasteiger partial charge in [0.25, 0.3) is 0 Å². The molecule has 1 aromatic rings. The Morgan fingerprint density at radius 1 is 1.16 bits per heavy atom. The number of halogens is 1. The van der Waals surface area contributed by atoms with Gasteiger partial charge in [-0.2, -0.15) is 0 Å². The summed E-state index contributed by atoms with van der Waals surface area (Å²) in [5.74, 6) is -1.10. The zero-order valence-electron chi connectivity index (χ0n) is 15.2. The van der Waals surface area contributed by atoms with Crippen LogP contribution in [0.15, 0.2) is 18.2 Å². The molecule has 1 atom stereocenters. The summed E-state index contributed by atoms with van der Waals surface area (Å²) in [5.41, 5.74) is 6.03. The standard InChI is InChI=1S/C19H28FN3O2/c1-19(2,3)16(21)18(25)22-13-9-10-14(20)15(11-13)23-17(24)12-7-5-4-6-8-12/h9-12,16H,4-8,21H2,1-3H3,(H,22,25)(H,23,24)/t16-/m1/s1. The first-order valence-electron chi connectivity index (χ1n) is 8.85. The van der Waals surface area contributed by atoms with Crippen LogP contribution < -0.4 is 16.4 Å². The van der Waals surface area contributed by atoms with Gasteiger partial charge in [-0.25, -0.2) is 4.39 Å². The molecule has 1 aliphatic rings. The molecule has 0 spiro atoms. The molecule has 138 valence electrons. The van der Waals surface area contributed by atoms with E-state index in [1.54, 1.807) is 0 Å². The molecule has 6 heteroatoms. The lowest BCUT2D eigenvalue weighted by atomic mass is 9.87. The molecule has 1 saturated carbocycles. The summed E-state index contributed by atoms with van der Waals surface area (Å²) in [6.07, 6.45) is 4.88. The predicted octanol–water partition coefficient (Wildman–Crippen LogP) is 3.66. The Labute approximate surface area is 148 Å². The van der Waals surface area contributed by atoms with E-state index in [-0.39, 0.29) is 28.8 Å². The van der Waals surface area contributed by atoms with Gasteiger partial charge in [-0.05, 0) is 36.5 Å². The summed E-state index contributed by atoms with van der Waals surface area (Å²) in [4.78, 5) is 24.5. The monoisotopic (exact) mass is 349 g/mol. The largest absolute Gasteiger partial charge is 0.325 e. The number of carbonyl (C=O) groups is 2. The van der Waals surface area contributed by atoms with Crippen LogP contribution in [-0.4, -0.2) is 17.9 Å². The van der Waals surface area contributed by atoms with Crippen LogP contribution >= 0.6 is 0 Å². The van der Waals surface area contributed by atoms with Crippen molar-refractivity contribution in [3.63, 3.8) is 0 Å². The fraction of sp³-hybridized carbons (Fsp3) is 0.579. The quantitative estimate of drug-likeness (QED) is 0.775. The Bertz CT molecular complexity index is 634. The SMILES string of the molecule is CC(C)(C)[C@H](N)C(=O)Nc1ccc(F)c(NC(=O)C2CCCCC2)c1. The van der Waals surface area contributed by atoms with Gasteiger partial charge in [0.2, 0.25) is 11.8 Å². The van der Waals surface area contributed by atoms with E-state index in [1.165, 1.54) is 18.2 Å². The van der Waals surface area contributed by atoms with E-state index in [4.69, 9.17) is 5.73 Å². The van der Waals surface area contributed by atoms with E-state index in [9.17, 15) is 14.0 Å².